The summed E-state index contributed by atoms with van der Waals surface area (Å²) in [4.78, 5) is 69.5. The summed E-state index contributed by atoms with van der Waals surface area (Å²) in [6.45, 7) is 4.89. The number of aliphatic imine (C=N–C) groups is 1. The van der Waals surface area contributed by atoms with Crippen molar-refractivity contribution >= 4 is 53.9 Å². The van der Waals surface area contributed by atoms with Gasteiger partial charge in [0.2, 0.25) is 11.9 Å². The second-order valence-electron chi connectivity index (χ2n) is 13.6. The lowest BCUT2D eigenvalue weighted by Gasteiger charge is -2.31. The van der Waals surface area contributed by atoms with E-state index in [0.29, 0.717) is 12.2 Å². The van der Waals surface area contributed by atoms with Crippen LogP contribution in [-0.2, 0) is 28.0 Å². The predicted molar refractivity (Wildman–Crippen MR) is 240 cm³/mol. The SMILES string of the molecule is CC/C=C\C/C=C\C/C=C\C/C=C\C/C=C\C/C=C\CC(=O)OSCCNC(=O)CCNC(=O)[C@H](OC(=O)c1cccnc1)C(C)(C)COC(=O)O.CN(C)C(=N)N=C(N)N. The molecule has 18 heteroatoms. The summed E-state index contributed by atoms with van der Waals surface area (Å²) in [6.07, 6.45) is 30.4. The van der Waals surface area contributed by atoms with Crippen LogP contribution in [0.1, 0.15) is 82.5 Å². The van der Waals surface area contributed by atoms with Crippen LogP contribution in [0.15, 0.2) is 102 Å². The van der Waals surface area contributed by atoms with Gasteiger partial charge in [-0.3, -0.25) is 24.8 Å². The molecule has 0 fully saturated rings. The maximum Gasteiger partial charge on any atom is 0.505 e. The summed E-state index contributed by atoms with van der Waals surface area (Å²) in [7, 11) is 3.38. The lowest BCUT2D eigenvalue weighted by atomic mass is 9.86. The zero-order valence-electron chi connectivity index (χ0n) is 35.9. The lowest BCUT2D eigenvalue weighted by Crippen LogP contribution is -2.49. The number of guanidine groups is 2. The highest BCUT2D eigenvalue weighted by molar-refractivity contribution is 7.95. The van der Waals surface area contributed by atoms with Gasteiger partial charge in [0.15, 0.2) is 12.1 Å². The number of carbonyl (C=O) groups excluding carboxylic acids is 4. The van der Waals surface area contributed by atoms with Crippen LogP contribution in [0.5, 0.6) is 0 Å². The van der Waals surface area contributed by atoms with Crippen molar-refractivity contribution in [3.05, 3.63) is 103 Å². The predicted octanol–water partition coefficient (Wildman–Crippen LogP) is 5.99. The second-order valence-corrected chi connectivity index (χ2v) is 14.4. The molecule has 0 bridgehead atoms. The molecule has 1 aromatic rings. The summed E-state index contributed by atoms with van der Waals surface area (Å²) < 4.78 is 15.2. The first-order valence-electron chi connectivity index (χ1n) is 19.7. The van der Waals surface area contributed by atoms with Crippen LogP contribution < -0.4 is 22.1 Å². The van der Waals surface area contributed by atoms with E-state index < -0.39 is 42.1 Å². The Bertz CT molecular complexity index is 1690. The average Bonchev–Trinajstić information content (AvgIpc) is 3.21. The molecule has 0 spiro atoms. The Morgan fingerprint density at radius 2 is 1.46 bits per heavy atom. The number of nitrogens with one attached hydrogen (secondary N) is 3. The summed E-state index contributed by atoms with van der Waals surface area (Å²) in [5, 5.41) is 21.2. The van der Waals surface area contributed by atoms with E-state index in [1.165, 1.54) is 43.3 Å². The number of hydrogen-bond acceptors (Lipinski definition) is 11. The zero-order chi connectivity index (χ0) is 45.7. The number of carboxylic acid groups (broad SMARTS) is 1. The molecule has 1 atom stereocenters. The fraction of sp³-hybridized carbons (Fsp3) is 0.442. The van der Waals surface area contributed by atoms with Gasteiger partial charge in [0.25, 0.3) is 5.91 Å². The summed E-state index contributed by atoms with van der Waals surface area (Å²) in [5.74, 6) is -2.01. The average molecular weight is 869 g/mol. The van der Waals surface area contributed by atoms with Crippen molar-refractivity contribution in [2.45, 2.75) is 78.2 Å². The third kappa shape index (κ3) is 31.4. The number of nitrogens with zero attached hydrogens (tertiary/aromatic N) is 3. The van der Waals surface area contributed by atoms with Crippen LogP contribution >= 0.6 is 12.0 Å². The molecule has 0 aromatic carbocycles. The van der Waals surface area contributed by atoms with Crippen LogP contribution in [0, 0.1) is 10.8 Å². The van der Waals surface area contributed by atoms with Gasteiger partial charge in [0.05, 0.1) is 24.0 Å². The van der Waals surface area contributed by atoms with Gasteiger partial charge in [-0.25, -0.2) is 9.59 Å². The molecule has 0 saturated heterocycles. The monoisotopic (exact) mass is 868 g/mol. The topological polar surface area (TPSA) is 262 Å². The highest BCUT2D eigenvalue weighted by atomic mass is 32.2. The largest absolute Gasteiger partial charge is 0.505 e. The minimum Gasteiger partial charge on any atom is -0.450 e. The van der Waals surface area contributed by atoms with E-state index >= 15 is 0 Å². The van der Waals surface area contributed by atoms with Gasteiger partial charge in [-0.1, -0.05) is 93.7 Å². The molecule has 61 heavy (non-hydrogen) atoms. The van der Waals surface area contributed by atoms with Crippen LogP contribution in [0.25, 0.3) is 0 Å². The highest BCUT2D eigenvalue weighted by Gasteiger charge is 2.40. The molecule has 1 aromatic heterocycles. The standard InChI is InChI=1S/C39H53N3O9S.C4H11N5/c1-4-5-6-7-8-9-10-11-12-13-14-15-16-17-18-19-20-21-24-34(44)51-52-29-28-41-33(43)25-27-42-36(45)35(39(2,3)31-49-38(47)48)50-37(46)32-23-22-26-40-30-32;1-9(2)4(7)8-3(5)6/h5-6,8-9,11-12,14-15,17-18,20-23,26,30,35H,4,7,10,13,16,19,24-25,27-29,31H2,1-3H3,(H,41,43)(H,42,45)(H,47,48);1-2H3,(H5,5,6,7,8)/b6-5-,9-8-,12-11-,15-14-,18-17-,21-20-;/t35-;/m0./s1. The normalized spacial score (nSPS) is 12.0. The van der Waals surface area contributed by atoms with Crippen LogP contribution in [0.2, 0.25) is 0 Å². The number of carbonyl (C=O) groups is 5. The van der Waals surface area contributed by atoms with E-state index in [0.717, 1.165) is 44.1 Å². The molecule has 0 aliphatic rings. The summed E-state index contributed by atoms with van der Waals surface area (Å²) in [6, 6.07) is 2.99. The number of hydrogen-bond donors (Lipinski definition) is 6. The fourth-order valence-corrected chi connectivity index (χ4v) is 4.80. The molecule has 1 rings (SSSR count). The van der Waals surface area contributed by atoms with Gasteiger partial charge in [0.1, 0.15) is 6.61 Å². The van der Waals surface area contributed by atoms with Crippen molar-refractivity contribution < 1.29 is 42.7 Å². The van der Waals surface area contributed by atoms with E-state index in [1.807, 2.05) is 12.2 Å². The number of aromatic nitrogens is 1. The van der Waals surface area contributed by atoms with Crippen molar-refractivity contribution in [1.29, 1.82) is 5.41 Å². The van der Waals surface area contributed by atoms with E-state index in [9.17, 15) is 24.0 Å². The van der Waals surface area contributed by atoms with Crippen LogP contribution in [-0.4, -0.2) is 102 Å². The highest BCUT2D eigenvalue weighted by Crippen LogP contribution is 2.25. The molecular weight excluding hydrogens is 805 g/mol. The van der Waals surface area contributed by atoms with Gasteiger partial charge >= 0.3 is 18.1 Å². The first-order chi connectivity index (χ1) is 29.1. The number of ether oxygens (including phenoxy) is 2. The Labute approximate surface area is 364 Å². The first kappa shape index (κ1) is 54.8. The van der Waals surface area contributed by atoms with E-state index in [4.69, 9.17) is 30.9 Å². The molecule has 8 N–H and O–H groups in total. The fourth-order valence-electron chi connectivity index (χ4n) is 4.33. The minimum absolute atomic E-state index is 0.0509. The smallest absolute Gasteiger partial charge is 0.450 e. The Morgan fingerprint density at radius 3 is 1.93 bits per heavy atom. The van der Waals surface area contributed by atoms with Gasteiger partial charge in [-0.05, 0) is 50.7 Å². The number of rotatable bonds is 26. The van der Waals surface area contributed by atoms with Gasteiger partial charge in [-0.2, -0.15) is 4.99 Å². The number of amides is 2. The maximum atomic E-state index is 13.0. The third-order valence-corrected chi connectivity index (χ3v) is 8.16. The first-order valence-corrected chi connectivity index (χ1v) is 20.6. The number of esters is 1. The van der Waals surface area contributed by atoms with E-state index in [1.54, 1.807) is 20.2 Å². The molecule has 0 unspecified atom stereocenters. The molecule has 336 valence electrons. The molecular formula is C43H64N8O9S. The number of allylic oxidation sites excluding steroid dienone is 11. The third-order valence-electron chi connectivity index (χ3n) is 7.49. The summed E-state index contributed by atoms with van der Waals surface area (Å²) in [5.41, 5.74) is 8.85. The van der Waals surface area contributed by atoms with Crippen molar-refractivity contribution in [2.24, 2.45) is 21.9 Å². The van der Waals surface area contributed by atoms with Crippen LogP contribution in [0.3, 0.4) is 0 Å². The number of nitrogens with two attached hydrogens (primary N) is 2. The van der Waals surface area contributed by atoms with Gasteiger partial charge in [-0.15, -0.1) is 0 Å². The molecule has 0 aliphatic carbocycles. The molecule has 0 radical (unpaired) electrons. The molecule has 0 saturated carbocycles. The Hall–Kier alpha value is -6.17. The van der Waals surface area contributed by atoms with Gasteiger partial charge < -0.3 is 45.8 Å². The Kier molecular flexibility index (Phi) is 31.2. The van der Waals surface area contributed by atoms with Crippen LogP contribution in [0.4, 0.5) is 4.79 Å². The molecule has 1 heterocycles. The molecule has 2 amide bonds. The molecule has 0 aliphatic heterocycles. The van der Waals surface area contributed by atoms with E-state index in [2.05, 4.69) is 87.0 Å². The van der Waals surface area contributed by atoms with Crippen molar-refractivity contribution in [3.8, 4) is 0 Å². The zero-order valence-corrected chi connectivity index (χ0v) is 36.7. The Morgan fingerprint density at radius 1 is 0.902 bits per heavy atom. The minimum atomic E-state index is -1.54. The number of pyridine rings is 1. The van der Waals surface area contributed by atoms with Crippen molar-refractivity contribution in [2.75, 3.05) is 39.5 Å². The maximum absolute atomic E-state index is 13.0. The van der Waals surface area contributed by atoms with E-state index in [-0.39, 0.29) is 49.3 Å². The Balaban J connectivity index is 0.00000356. The van der Waals surface area contributed by atoms with Gasteiger partial charge in [0, 0.05) is 57.2 Å². The summed E-state index contributed by atoms with van der Waals surface area (Å²) >= 11 is 0.933. The second kappa shape index (κ2) is 34.7. The molecule has 17 nitrogen and oxygen atoms in total. The lowest BCUT2D eigenvalue weighted by molar-refractivity contribution is -0.138. The quantitative estimate of drug-likeness (QED) is 0.0156. The van der Waals surface area contributed by atoms with Crippen molar-refractivity contribution in [3.63, 3.8) is 0 Å². The van der Waals surface area contributed by atoms with Crippen molar-refractivity contribution in [1.82, 2.24) is 20.5 Å².